The van der Waals surface area contributed by atoms with Crippen LogP contribution in [-0.4, -0.2) is 35.6 Å². The molecule has 0 unspecified atom stereocenters. The fourth-order valence-corrected chi connectivity index (χ4v) is 2.96. The highest BCUT2D eigenvalue weighted by molar-refractivity contribution is 6.03. The lowest BCUT2D eigenvalue weighted by atomic mass is 10.1. The summed E-state index contributed by atoms with van der Waals surface area (Å²) in [5.74, 6) is -0.269. The van der Waals surface area contributed by atoms with E-state index < -0.39 is 6.03 Å². The SMILES string of the molecule is N#Cc1ccc(-n2cc(NC(N)=O)c(C(=O)N[C@H]3CCCNC3)c2)cc1. The summed E-state index contributed by atoms with van der Waals surface area (Å²) < 4.78 is 1.71. The number of piperidine rings is 1. The van der Waals surface area contributed by atoms with Gasteiger partial charge in [-0.05, 0) is 43.7 Å². The number of carbonyl (C=O) groups is 2. The molecule has 1 aliphatic heterocycles. The number of amides is 3. The minimum absolute atomic E-state index is 0.0518. The van der Waals surface area contributed by atoms with Gasteiger partial charge in [-0.2, -0.15) is 5.26 Å². The number of nitrogens with two attached hydrogens (primary N) is 1. The molecule has 5 N–H and O–H groups in total. The fourth-order valence-electron chi connectivity index (χ4n) is 2.96. The molecule has 1 atom stereocenters. The van der Waals surface area contributed by atoms with Gasteiger partial charge in [0.25, 0.3) is 5.91 Å². The van der Waals surface area contributed by atoms with Crippen molar-refractivity contribution in [3.05, 3.63) is 47.8 Å². The Kier molecular flexibility index (Phi) is 5.20. The fraction of sp³-hybridized carbons (Fsp3) is 0.278. The van der Waals surface area contributed by atoms with Gasteiger partial charge < -0.3 is 26.3 Å². The Hall–Kier alpha value is -3.31. The molecule has 0 bridgehead atoms. The second-order valence-electron chi connectivity index (χ2n) is 6.16. The van der Waals surface area contributed by atoms with Crippen LogP contribution in [0.5, 0.6) is 0 Å². The zero-order valence-corrected chi connectivity index (χ0v) is 14.2. The normalized spacial score (nSPS) is 16.5. The third-order valence-electron chi connectivity index (χ3n) is 4.26. The molecule has 26 heavy (non-hydrogen) atoms. The van der Waals surface area contributed by atoms with E-state index in [1.165, 1.54) is 0 Å². The average Bonchev–Trinajstić information content (AvgIpc) is 3.06. The molecular formula is C18H20N6O2. The predicted octanol–water partition coefficient (Wildman–Crippen LogP) is 1.32. The van der Waals surface area contributed by atoms with Crippen molar-refractivity contribution in [2.45, 2.75) is 18.9 Å². The first-order valence-corrected chi connectivity index (χ1v) is 8.37. The Morgan fingerprint density at radius 1 is 1.27 bits per heavy atom. The van der Waals surface area contributed by atoms with E-state index in [4.69, 9.17) is 11.0 Å². The molecule has 2 aromatic rings. The number of anilines is 1. The van der Waals surface area contributed by atoms with Gasteiger partial charge in [-0.15, -0.1) is 0 Å². The Balaban J connectivity index is 1.86. The number of nitrogens with zero attached hydrogens (tertiary/aromatic N) is 2. The van der Waals surface area contributed by atoms with Crippen molar-refractivity contribution >= 4 is 17.6 Å². The summed E-state index contributed by atoms with van der Waals surface area (Å²) in [6.45, 7) is 1.68. The number of urea groups is 1. The molecule has 1 aromatic carbocycles. The van der Waals surface area contributed by atoms with Gasteiger partial charge in [0.1, 0.15) is 0 Å². The van der Waals surface area contributed by atoms with Crippen LogP contribution in [0.2, 0.25) is 0 Å². The monoisotopic (exact) mass is 352 g/mol. The molecule has 1 aliphatic rings. The summed E-state index contributed by atoms with van der Waals surface area (Å²) in [6.07, 6.45) is 5.18. The molecule has 0 saturated carbocycles. The first-order chi connectivity index (χ1) is 12.6. The molecule has 3 amide bonds. The number of nitrogens with one attached hydrogen (secondary N) is 3. The zero-order valence-electron chi connectivity index (χ0n) is 14.2. The highest BCUT2D eigenvalue weighted by Gasteiger charge is 2.21. The lowest BCUT2D eigenvalue weighted by Gasteiger charge is -2.23. The van der Waals surface area contributed by atoms with E-state index in [0.717, 1.165) is 31.6 Å². The zero-order chi connectivity index (χ0) is 18.5. The minimum Gasteiger partial charge on any atom is -0.351 e. The van der Waals surface area contributed by atoms with Crippen LogP contribution in [0.1, 0.15) is 28.8 Å². The van der Waals surface area contributed by atoms with Gasteiger partial charge in [-0.3, -0.25) is 4.79 Å². The third kappa shape index (κ3) is 4.02. The Morgan fingerprint density at radius 2 is 2.04 bits per heavy atom. The maximum atomic E-state index is 12.7. The van der Waals surface area contributed by atoms with Crippen molar-refractivity contribution in [2.75, 3.05) is 18.4 Å². The Morgan fingerprint density at radius 3 is 2.65 bits per heavy atom. The van der Waals surface area contributed by atoms with Crippen molar-refractivity contribution in [2.24, 2.45) is 5.73 Å². The van der Waals surface area contributed by atoms with E-state index in [-0.39, 0.29) is 11.9 Å². The maximum Gasteiger partial charge on any atom is 0.316 e. The number of carbonyl (C=O) groups excluding carboxylic acids is 2. The molecule has 1 aromatic heterocycles. The molecule has 1 saturated heterocycles. The Labute approximate surface area is 151 Å². The molecule has 8 nitrogen and oxygen atoms in total. The van der Waals surface area contributed by atoms with Gasteiger partial charge in [0.15, 0.2) is 0 Å². The quantitative estimate of drug-likeness (QED) is 0.662. The van der Waals surface area contributed by atoms with Crippen molar-refractivity contribution < 1.29 is 9.59 Å². The molecule has 0 radical (unpaired) electrons. The lowest BCUT2D eigenvalue weighted by Crippen LogP contribution is -2.45. The summed E-state index contributed by atoms with van der Waals surface area (Å²) in [7, 11) is 0. The number of aromatic nitrogens is 1. The molecular weight excluding hydrogens is 332 g/mol. The summed E-state index contributed by atoms with van der Waals surface area (Å²) in [4.78, 5) is 24.0. The largest absolute Gasteiger partial charge is 0.351 e. The summed E-state index contributed by atoms with van der Waals surface area (Å²) >= 11 is 0. The molecule has 134 valence electrons. The number of benzene rings is 1. The van der Waals surface area contributed by atoms with E-state index in [0.29, 0.717) is 16.8 Å². The number of hydrogen-bond acceptors (Lipinski definition) is 4. The molecule has 3 rings (SSSR count). The van der Waals surface area contributed by atoms with Crippen LogP contribution < -0.4 is 21.7 Å². The van der Waals surface area contributed by atoms with Crippen LogP contribution >= 0.6 is 0 Å². The topological polar surface area (TPSA) is 125 Å². The number of rotatable bonds is 4. The summed E-state index contributed by atoms with van der Waals surface area (Å²) in [5, 5.41) is 17.6. The smallest absolute Gasteiger partial charge is 0.316 e. The first-order valence-electron chi connectivity index (χ1n) is 8.37. The number of nitriles is 1. The van der Waals surface area contributed by atoms with Gasteiger partial charge in [-0.25, -0.2) is 4.79 Å². The van der Waals surface area contributed by atoms with E-state index >= 15 is 0 Å². The average molecular weight is 352 g/mol. The van der Waals surface area contributed by atoms with Gasteiger partial charge in [-0.1, -0.05) is 0 Å². The van der Waals surface area contributed by atoms with Crippen LogP contribution in [-0.2, 0) is 0 Å². The van der Waals surface area contributed by atoms with E-state index in [2.05, 4.69) is 22.0 Å². The van der Waals surface area contributed by atoms with Crippen LogP contribution in [0.4, 0.5) is 10.5 Å². The van der Waals surface area contributed by atoms with Crippen LogP contribution in [0, 0.1) is 11.3 Å². The third-order valence-corrected chi connectivity index (χ3v) is 4.26. The van der Waals surface area contributed by atoms with Crippen LogP contribution in [0.3, 0.4) is 0 Å². The predicted molar refractivity (Wildman–Crippen MR) is 97.0 cm³/mol. The Bertz CT molecular complexity index is 844. The molecule has 2 heterocycles. The standard InChI is InChI=1S/C18H20N6O2/c19-8-12-3-5-14(6-4-12)24-10-15(16(11-24)23-18(20)26)17(25)22-13-2-1-7-21-9-13/h3-6,10-11,13,21H,1-2,7,9H2,(H,22,25)(H3,20,23,26)/t13-/m0/s1. The lowest BCUT2D eigenvalue weighted by molar-refractivity contribution is 0.0931. The van der Waals surface area contributed by atoms with Crippen LogP contribution in [0.15, 0.2) is 36.7 Å². The highest BCUT2D eigenvalue weighted by atomic mass is 16.2. The number of hydrogen-bond donors (Lipinski definition) is 4. The molecule has 1 fully saturated rings. The highest BCUT2D eigenvalue weighted by Crippen LogP contribution is 2.21. The second kappa shape index (κ2) is 7.72. The van der Waals surface area contributed by atoms with Crippen molar-refractivity contribution in [3.8, 4) is 11.8 Å². The van der Waals surface area contributed by atoms with E-state index in [9.17, 15) is 9.59 Å². The van der Waals surface area contributed by atoms with Gasteiger partial charge in [0.2, 0.25) is 0 Å². The van der Waals surface area contributed by atoms with Crippen molar-refractivity contribution in [1.82, 2.24) is 15.2 Å². The van der Waals surface area contributed by atoms with Crippen LogP contribution in [0.25, 0.3) is 5.69 Å². The summed E-state index contributed by atoms with van der Waals surface area (Å²) in [5.41, 5.74) is 7.19. The van der Waals surface area contributed by atoms with Crippen molar-refractivity contribution in [1.29, 1.82) is 5.26 Å². The minimum atomic E-state index is -0.740. The van der Waals surface area contributed by atoms with E-state index in [1.807, 2.05) is 0 Å². The molecule has 0 aliphatic carbocycles. The number of primary amides is 1. The first kappa shape index (κ1) is 17.5. The van der Waals surface area contributed by atoms with Gasteiger partial charge in [0, 0.05) is 30.7 Å². The summed E-state index contributed by atoms with van der Waals surface area (Å²) in [6, 6.07) is 8.27. The van der Waals surface area contributed by atoms with Gasteiger partial charge in [0.05, 0.1) is 22.9 Å². The maximum absolute atomic E-state index is 12.7. The molecule has 8 heteroatoms. The second-order valence-corrected chi connectivity index (χ2v) is 6.16. The van der Waals surface area contributed by atoms with Crippen molar-refractivity contribution in [3.63, 3.8) is 0 Å². The van der Waals surface area contributed by atoms with Gasteiger partial charge >= 0.3 is 6.03 Å². The molecule has 0 spiro atoms. The van der Waals surface area contributed by atoms with E-state index in [1.54, 1.807) is 41.2 Å².